The van der Waals surface area contributed by atoms with Gasteiger partial charge in [-0.05, 0) is 29.0 Å². The molecule has 1 fully saturated rings. The van der Waals surface area contributed by atoms with Crippen molar-refractivity contribution in [3.05, 3.63) is 35.9 Å². The maximum Gasteiger partial charge on any atom is 0.415 e. The molecule has 2 aromatic carbocycles. The first-order valence-corrected chi connectivity index (χ1v) is 6.30. The molecule has 1 aliphatic rings. The summed E-state index contributed by atoms with van der Waals surface area (Å²) in [5, 5.41) is 3.75. The van der Waals surface area contributed by atoms with Gasteiger partial charge in [-0.1, -0.05) is 12.1 Å². The van der Waals surface area contributed by atoms with Crippen LogP contribution in [0.3, 0.4) is 0 Å². The van der Waals surface area contributed by atoms with E-state index in [1.54, 1.807) is 19.2 Å². The molecule has 0 saturated carbocycles. The minimum Gasteiger partial charge on any atom is -0.497 e. The van der Waals surface area contributed by atoms with Crippen LogP contribution in [0.25, 0.3) is 10.8 Å². The molecule has 1 atom stereocenters. The third kappa shape index (κ3) is 2.14. The standard InChI is InChI=1S/C15H13NO5/c1-19-9-4-5-10-8(7-9)3-6-11(20-2)12(10)13-14(17)16-15(18)21-13/h3-7,13H,1-2H3,(H,16,17,18). The molecule has 1 N–H and O–H groups in total. The Morgan fingerprint density at radius 1 is 1.10 bits per heavy atom. The number of nitrogens with one attached hydrogen (secondary N) is 1. The highest BCUT2D eigenvalue weighted by atomic mass is 16.6. The van der Waals surface area contributed by atoms with E-state index in [0.717, 1.165) is 10.8 Å². The number of cyclic esters (lactones) is 1. The summed E-state index contributed by atoms with van der Waals surface area (Å²) in [6, 6.07) is 9.02. The summed E-state index contributed by atoms with van der Waals surface area (Å²) in [6.07, 6.45) is -1.76. The number of fused-ring (bicyclic) bond motifs is 1. The second kappa shape index (κ2) is 4.97. The summed E-state index contributed by atoms with van der Waals surface area (Å²) in [5.74, 6) is 0.690. The van der Waals surface area contributed by atoms with Gasteiger partial charge >= 0.3 is 6.09 Å². The first-order chi connectivity index (χ1) is 10.1. The van der Waals surface area contributed by atoms with E-state index < -0.39 is 18.1 Å². The van der Waals surface area contributed by atoms with E-state index in [1.807, 2.05) is 18.2 Å². The SMILES string of the molecule is COc1ccc2c(C3OC(=O)NC3=O)c(OC)ccc2c1. The van der Waals surface area contributed by atoms with Gasteiger partial charge in [-0.25, -0.2) is 4.79 Å². The molecule has 2 aromatic rings. The maximum absolute atomic E-state index is 11.9. The van der Waals surface area contributed by atoms with Gasteiger partial charge in [0.05, 0.1) is 19.8 Å². The van der Waals surface area contributed by atoms with Gasteiger partial charge in [0, 0.05) is 0 Å². The number of imide groups is 1. The molecule has 6 nitrogen and oxygen atoms in total. The zero-order valence-corrected chi connectivity index (χ0v) is 11.5. The molecule has 0 bridgehead atoms. The summed E-state index contributed by atoms with van der Waals surface area (Å²) in [6.45, 7) is 0. The van der Waals surface area contributed by atoms with Crippen LogP contribution in [0.5, 0.6) is 11.5 Å². The summed E-state index contributed by atoms with van der Waals surface area (Å²) >= 11 is 0. The van der Waals surface area contributed by atoms with Crippen LogP contribution in [0.15, 0.2) is 30.3 Å². The molecule has 0 aromatic heterocycles. The average molecular weight is 287 g/mol. The van der Waals surface area contributed by atoms with E-state index in [0.29, 0.717) is 17.1 Å². The Kier molecular flexibility index (Phi) is 3.13. The van der Waals surface area contributed by atoms with Crippen LogP contribution in [-0.2, 0) is 9.53 Å². The summed E-state index contributed by atoms with van der Waals surface area (Å²) < 4.78 is 15.5. The Hall–Kier alpha value is -2.76. The fourth-order valence-corrected chi connectivity index (χ4v) is 2.43. The topological polar surface area (TPSA) is 73.9 Å². The van der Waals surface area contributed by atoms with Gasteiger partial charge in [-0.2, -0.15) is 0 Å². The average Bonchev–Trinajstić information content (AvgIpc) is 2.83. The second-order valence-corrected chi connectivity index (χ2v) is 4.54. The number of amides is 2. The molecular weight excluding hydrogens is 274 g/mol. The zero-order chi connectivity index (χ0) is 15.0. The smallest absolute Gasteiger partial charge is 0.415 e. The number of methoxy groups -OCH3 is 2. The van der Waals surface area contributed by atoms with Crippen molar-refractivity contribution < 1.29 is 23.8 Å². The number of alkyl carbamates (subject to hydrolysis) is 1. The normalized spacial score (nSPS) is 17.5. The second-order valence-electron chi connectivity index (χ2n) is 4.54. The maximum atomic E-state index is 11.9. The van der Waals surface area contributed by atoms with Crippen LogP contribution in [-0.4, -0.2) is 26.2 Å². The molecular formula is C15H13NO5. The molecule has 0 radical (unpaired) electrons. The van der Waals surface area contributed by atoms with Crippen LogP contribution >= 0.6 is 0 Å². The third-order valence-electron chi connectivity index (χ3n) is 3.40. The van der Waals surface area contributed by atoms with Crippen molar-refractivity contribution in [3.63, 3.8) is 0 Å². The Morgan fingerprint density at radius 3 is 2.52 bits per heavy atom. The van der Waals surface area contributed by atoms with Crippen molar-refractivity contribution in [3.8, 4) is 11.5 Å². The van der Waals surface area contributed by atoms with Gasteiger partial charge in [0.15, 0.2) is 0 Å². The number of ether oxygens (including phenoxy) is 3. The molecule has 2 amide bonds. The van der Waals surface area contributed by atoms with Crippen LogP contribution in [0.2, 0.25) is 0 Å². The van der Waals surface area contributed by atoms with E-state index in [2.05, 4.69) is 5.32 Å². The Balaban J connectivity index is 2.23. The summed E-state index contributed by atoms with van der Waals surface area (Å²) in [7, 11) is 3.08. The Morgan fingerprint density at radius 2 is 1.90 bits per heavy atom. The first-order valence-electron chi connectivity index (χ1n) is 6.30. The lowest BCUT2D eigenvalue weighted by Crippen LogP contribution is -2.20. The predicted molar refractivity (Wildman–Crippen MR) is 74.4 cm³/mol. The number of carbonyl (C=O) groups is 2. The van der Waals surface area contributed by atoms with Gasteiger partial charge in [-0.3, -0.25) is 10.1 Å². The minimum atomic E-state index is -1.01. The lowest BCUT2D eigenvalue weighted by Gasteiger charge is -2.15. The first kappa shape index (κ1) is 13.2. The molecule has 3 rings (SSSR count). The molecule has 1 aliphatic heterocycles. The fourth-order valence-electron chi connectivity index (χ4n) is 2.43. The van der Waals surface area contributed by atoms with Crippen molar-refractivity contribution in [1.29, 1.82) is 0 Å². The van der Waals surface area contributed by atoms with E-state index in [-0.39, 0.29) is 0 Å². The highest BCUT2D eigenvalue weighted by molar-refractivity contribution is 6.03. The minimum absolute atomic E-state index is 0.488. The van der Waals surface area contributed by atoms with E-state index in [9.17, 15) is 9.59 Å². The van der Waals surface area contributed by atoms with Crippen LogP contribution in [0.4, 0.5) is 4.79 Å². The van der Waals surface area contributed by atoms with Crippen LogP contribution in [0, 0.1) is 0 Å². The number of benzene rings is 2. The highest BCUT2D eigenvalue weighted by Crippen LogP contribution is 2.37. The van der Waals surface area contributed by atoms with Crippen molar-refractivity contribution in [2.45, 2.75) is 6.10 Å². The molecule has 0 spiro atoms. The molecule has 1 heterocycles. The Labute approximate surface area is 120 Å². The number of carbonyl (C=O) groups excluding carboxylic acids is 2. The monoisotopic (exact) mass is 287 g/mol. The molecule has 0 aliphatic carbocycles. The van der Waals surface area contributed by atoms with Gasteiger partial charge < -0.3 is 14.2 Å². The lowest BCUT2D eigenvalue weighted by molar-refractivity contribution is -0.123. The molecule has 21 heavy (non-hydrogen) atoms. The predicted octanol–water partition coefficient (Wildman–Crippen LogP) is 2.16. The van der Waals surface area contributed by atoms with Crippen molar-refractivity contribution in [2.75, 3.05) is 14.2 Å². The number of hydrogen-bond acceptors (Lipinski definition) is 5. The van der Waals surface area contributed by atoms with E-state index in [4.69, 9.17) is 14.2 Å². The summed E-state index contributed by atoms with van der Waals surface area (Å²) in [5.41, 5.74) is 0.529. The third-order valence-corrected chi connectivity index (χ3v) is 3.40. The molecule has 108 valence electrons. The largest absolute Gasteiger partial charge is 0.497 e. The Bertz CT molecular complexity index is 740. The van der Waals surface area contributed by atoms with Crippen LogP contribution in [0.1, 0.15) is 11.7 Å². The van der Waals surface area contributed by atoms with E-state index in [1.165, 1.54) is 7.11 Å². The van der Waals surface area contributed by atoms with E-state index >= 15 is 0 Å². The lowest BCUT2D eigenvalue weighted by atomic mass is 9.98. The highest BCUT2D eigenvalue weighted by Gasteiger charge is 2.36. The van der Waals surface area contributed by atoms with Crippen molar-refractivity contribution in [2.24, 2.45) is 0 Å². The quantitative estimate of drug-likeness (QED) is 0.936. The van der Waals surface area contributed by atoms with Gasteiger partial charge in [0.2, 0.25) is 6.10 Å². The number of rotatable bonds is 3. The van der Waals surface area contributed by atoms with Crippen molar-refractivity contribution >= 4 is 22.8 Å². The van der Waals surface area contributed by atoms with Gasteiger partial charge in [0.1, 0.15) is 11.5 Å². The summed E-state index contributed by atoms with van der Waals surface area (Å²) in [4.78, 5) is 23.1. The van der Waals surface area contributed by atoms with Gasteiger partial charge in [-0.15, -0.1) is 0 Å². The van der Waals surface area contributed by atoms with Crippen LogP contribution < -0.4 is 14.8 Å². The zero-order valence-electron chi connectivity index (χ0n) is 11.5. The molecule has 6 heteroatoms. The van der Waals surface area contributed by atoms with Gasteiger partial charge in [0.25, 0.3) is 5.91 Å². The molecule has 1 saturated heterocycles. The molecule has 1 unspecified atom stereocenters. The number of hydrogen-bond donors (Lipinski definition) is 1. The fraction of sp³-hybridized carbons (Fsp3) is 0.200. The van der Waals surface area contributed by atoms with Crippen molar-refractivity contribution in [1.82, 2.24) is 5.32 Å².